The summed E-state index contributed by atoms with van der Waals surface area (Å²) < 4.78 is 12.1. The third kappa shape index (κ3) is 4.99. The molecule has 0 amide bonds. The number of halogens is 1. The molecule has 8 heteroatoms. The van der Waals surface area contributed by atoms with Gasteiger partial charge in [-0.25, -0.2) is 14.5 Å². The molecule has 6 nitrogen and oxygen atoms in total. The highest BCUT2D eigenvalue weighted by Crippen LogP contribution is 2.23. The topological polar surface area (TPSA) is 66.2 Å². The van der Waals surface area contributed by atoms with Crippen LogP contribution in [0.5, 0.6) is 5.75 Å². The van der Waals surface area contributed by atoms with Gasteiger partial charge in [-0.15, -0.1) is 11.3 Å². The standard InChI is InChI=1S/C20H20ClN3O3S/c1-13-18(7-8-19(25)27-11-16-12-28-14(2)22-16)20(21)24(23-13)10-15-5-4-6-17(9-15)26-3/h4-9,12H,10-11H2,1-3H3/b8-7+. The van der Waals surface area contributed by atoms with Crippen molar-refractivity contribution >= 4 is 35.0 Å². The zero-order valence-corrected chi connectivity index (χ0v) is 17.4. The maximum absolute atomic E-state index is 12.0. The molecule has 0 radical (unpaired) electrons. The number of rotatable bonds is 7. The molecule has 0 aliphatic heterocycles. The highest BCUT2D eigenvalue weighted by molar-refractivity contribution is 7.09. The van der Waals surface area contributed by atoms with Gasteiger partial charge in [0.1, 0.15) is 17.5 Å². The van der Waals surface area contributed by atoms with Gasteiger partial charge in [0.25, 0.3) is 0 Å². The molecule has 0 saturated carbocycles. The normalized spacial score (nSPS) is 11.1. The van der Waals surface area contributed by atoms with Crippen molar-refractivity contribution < 1.29 is 14.3 Å². The Bertz CT molecular complexity index is 1010. The Morgan fingerprint density at radius 1 is 1.36 bits per heavy atom. The summed E-state index contributed by atoms with van der Waals surface area (Å²) in [5.41, 5.74) is 3.17. The van der Waals surface area contributed by atoms with Gasteiger partial charge in [0.2, 0.25) is 0 Å². The molecule has 28 heavy (non-hydrogen) atoms. The third-order valence-electron chi connectivity index (χ3n) is 3.99. The Labute approximate surface area is 172 Å². The van der Waals surface area contributed by atoms with Crippen molar-refractivity contribution in [1.29, 1.82) is 0 Å². The largest absolute Gasteiger partial charge is 0.497 e. The molecule has 3 rings (SSSR count). The number of carbonyl (C=O) groups is 1. The quantitative estimate of drug-likeness (QED) is 0.420. The predicted molar refractivity (Wildman–Crippen MR) is 110 cm³/mol. The number of nitrogens with zero attached hydrogens (tertiary/aromatic N) is 3. The highest BCUT2D eigenvalue weighted by Gasteiger charge is 2.12. The first kappa shape index (κ1) is 20.1. The van der Waals surface area contributed by atoms with E-state index >= 15 is 0 Å². The second-order valence-corrected chi connectivity index (χ2v) is 7.52. The van der Waals surface area contributed by atoms with E-state index in [2.05, 4.69) is 10.1 Å². The Balaban J connectivity index is 1.67. The van der Waals surface area contributed by atoms with E-state index in [1.807, 2.05) is 43.5 Å². The van der Waals surface area contributed by atoms with E-state index in [4.69, 9.17) is 21.1 Å². The number of aromatic nitrogens is 3. The molecule has 0 fully saturated rings. The minimum Gasteiger partial charge on any atom is -0.497 e. The molecule has 1 aromatic carbocycles. The van der Waals surface area contributed by atoms with Gasteiger partial charge in [-0.3, -0.25) is 0 Å². The highest BCUT2D eigenvalue weighted by atomic mass is 35.5. The fourth-order valence-electron chi connectivity index (χ4n) is 2.62. The van der Waals surface area contributed by atoms with Crippen molar-refractivity contribution in [2.45, 2.75) is 27.0 Å². The molecule has 2 heterocycles. The van der Waals surface area contributed by atoms with Crippen molar-refractivity contribution in [2.75, 3.05) is 7.11 Å². The Kier molecular flexibility index (Phi) is 6.49. The molecule has 0 aliphatic carbocycles. The van der Waals surface area contributed by atoms with Crippen LogP contribution in [0.15, 0.2) is 35.7 Å². The maximum Gasteiger partial charge on any atom is 0.331 e. The van der Waals surface area contributed by atoms with E-state index in [1.165, 1.54) is 17.4 Å². The van der Waals surface area contributed by atoms with Gasteiger partial charge < -0.3 is 9.47 Å². The van der Waals surface area contributed by atoms with Crippen LogP contribution in [0.4, 0.5) is 0 Å². The molecule has 146 valence electrons. The van der Waals surface area contributed by atoms with E-state index in [9.17, 15) is 4.79 Å². The Morgan fingerprint density at radius 2 is 2.18 bits per heavy atom. The number of hydrogen-bond acceptors (Lipinski definition) is 6. The maximum atomic E-state index is 12.0. The number of ether oxygens (including phenoxy) is 2. The van der Waals surface area contributed by atoms with Crippen LogP contribution in [0.1, 0.15) is 27.5 Å². The summed E-state index contributed by atoms with van der Waals surface area (Å²) >= 11 is 7.99. The summed E-state index contributed by atoms with van der Waals surface area (Å²) in [6.45, 7) is 4.40. The first-order valence-electron chi connectivity index (χ1n) is 8.58. The molecule has 0 spiro atoms. The van der Waals surface area contributed by atoms with E-state index in [0.717, 1.165) is 27.7 Å². The molecule has 0 unspecified atom stereocenters. The van der Waals surface area contributed by atoms with Gasteiger partial charge >= 0.3 is 5.97 Å². The summed E-state index contributed by atoms with van der Waals surface area (Å²) in [5.74, 6) is 0.317. The first-order valence-corrected chi connectivity index (χ1v) is 9.83. The van der Waals surface area contributed by atoms with Crippen LogP contribution >= 0.6 is 22.9 Å². The fraction of sp³-hybridized carbons (Fsp3) is 0.250. The number of hydrogen-bond donors (Lipinski definition) is 0. The third-order valence-corrected chi connectivity index (χ3v) is 5.21. The average Bonchev–Trinajstić information content (AvgIpc) is 3.21. The predicted octanol–water partition coefficient (Wildman–Crippen LogP) is 4.42. The number of esters is 1. The molecular weight excluding hydrogens is 398 g/mol. The summed E-state index contributed by atoms with van der Waals surface area (Å²) in [4.78, 5) is 16.2. The number of benzene rings is 1. The fourth-order valence-corrected chi connectivity index (χ4v) is 3.52. The van der Waals surface area contributed by atoms with Gasteiger partial charge in [-0.2, -0.15) is 5.10 Å². The van der Waals surface area contributed by atoms with Gasteiger partial charge in [-0.05, 0) is 37.6 Å². The van der Waals surface area contributed by atoms with Gasteiger partial charge in [0.05, 0.1) is 30.1 Å². The lowest BCUT2D eigenvalue weighted by Crippen LogP contribution is -2.02. The monoisotopic (exact) mass is 417 g/mol. The van der Waals surface area contributed by atoms with Gasteiger partial charge in [-0.1, -0.05) is 23.7 Å². The minimum atomic E-state index is -0.457. The molecule has 0 N–H and O–H groups in total. The minimum absolute atomic E-state index is 0.148. The summed E-state index contributed by atoms with van der Waals surface area (Å²) in [6.07, 6.45) is 2.98. The molecule has 0 saturated heterocycles. The van der Waals surface area contributed by atoms with Crippen LogP contribution in [0.3, 0.4) is 0 Å². The van der Waals surface area contributed by atoms with Gasteiger partial charge in [0, 0.05) is 17.0 Å². The Morgan fingerprint density at radius 3 is 2.89 bits per heavy atom. The van der Waals surface area contributed by atoms with Crippen molar-refractivity contribution in [3.05, 3.63) is 68.4 Å². The van der Waals surface area contributed by atoms with Crippen LogP contribution in [0, 0.1) is 13.8 Å². The summed E-state index contributed by atoms with van der Waals surface area (Å²) in [5, 5.41) is 7.73. The number of thiazole rings is 1. The number of methoxy groups -OCH3 is 1. The lowest BCUT2D eigenvalue weighted by molar-refractivity contribution is -0.139. The van der Waals surface area contributed by atoms with Crippen LogP contribution in [-0.2, 0) is 22.7 Å². The van der Waals surface area contributed by atoms with Crippen molar-refractivity contribution in [3.63, 3.8) is 0 Å². The zero-order chi connectivity index (χ0) is 20.1. The van der Waals surface area contributed by atoms with Crippen molar-refractivity contribution in [1.82, 2.24) is 14.8 Å². The lowest BCUT2D eigenvalue weighted by Gasteiger charge is -2.06. The summed E-state index contributed by atoms with van der Waals surface area (Å²) in [6, 6.07) is 7.70. The molecule has 0 aliphatic rings. The lowest BCUT2D eigenvalue weighted by atomic mass is 10.2. The van der Waals surface area contributed by atoms with Crippen LogP contribution < -0.4 is 4.74 Å². The van der Waals surface area contributed by atoms with Crippen LogP contribution in [0.25, 0.3) is 6.08 Å². The molecule has 0 bridgehead atoms. The number of aryl methyl sites for hydroxylation is 2. The van der Waals surface area contributed by atoms with Crippen molar-refractivity contribution in [3.8, 4) is 5.75 Å². The first-order chi connectivity index (χ1) is 13.5. The van der Waals surface area contributed by atoms with E-state index < -0.39 is 5.97 Å². The van der Waals surface area contributed by atoms with Crippen molar-refractivity contribution in [2.24, 2.45) is 0 Å². The van der Waals surface area contributed by atoms with Crippen LogP contribution in [-0.4, -0.2) is 27.8 Å². The molecule has 3 aromatic rings. The molecule has 0 atom stereocenters. The SMILES string of the molecule is COc1cccc(Cn2nc(C)c(/C=C/C(=O)OCc3csc(C)n3)c2Cl)c1. The number of carbonyl (C=O) groups excluding carboxylic acids is 1. The Hall–Kier alpha value is -2.64. The van der Waals surface area contributed by atoms with E-state index in [-0.39, 0.29) is 6.61 Å². The molecular formula is C20H20ClN3O3S. The second-order valence-electron chi connectivity index (χ2n) is 6.10. The van der Waals surface area contributed by atoms with Crippen LogP contribution in [0.2, 0.25) is 5.15 Å². The average molecular weight is 418 g/mol. The zero-order valence-electron chi connectivity index (χ0n) is 15.8. The summed E-state index contributed by atoms with van der Waals surface area (Å²) in [7, 11) is 1.63. The van der Waals surface area contributed by atoms with E-state index in [1.54, 1.807) is 17.9 Å². The second kappa shape index (κ2) is 9.03. The van der Waals surface area contributed by atoms with Gasteiger partial charge in [0.15, 0.2) is 0 Å². The smallest absolute Gasteiger partial charge is 0.331 e. The van der Waals surface area contributed by atoms with E-state index in [0.29, 0.717) is 17.3 Å². The molecule has 2 aromatic heterocycles.